The lowest BCUT2D eigenvalue weighted by Gasteiger charge is -2.32. The monoisotopic (exact) mass is 737 g/mol. The zero-order chi connectivity index (χ0) is 36.4. The summed E-state index contributed by atoms with van der Waals surface area (Å²) in [5.74, 6) is 0. The molecule has 0 saturated carbocycles. The average Bonchev–Trinajstić information content (AvgIpc) is 3.57. The van der Waals surface area contributed by atoms with Gasteiger partial charge in [-0.25, -0.2) is 0 Å². The van der Waals surface area contributed by atoms with Gasteiger partial charge in [-0.05, 0) is 106 Å². The van der Waals surface area contributed by atoms with Gasteiger partial charge in [0.1, 0.15) is 6.54 Å². The van der Waals surface area contributed by atoms with E-state index in [1.54, 1.807) is 0 Å². The van der Waals surface area contributed by atoms with Gasteiger partial charge in [0, 0.05) is 61.7 Å². The van der Waals surface area contributed by atoms with Crippen molar-refractivity contribution in [3.63, 3.8) is 0 Å². The standard InChI is InChI=1S/C47H57N6S/c1-3-13-38(14-4-1)36-50-30-22-41(23-31-50)48-26-11-28-52-34-21-40(43-17-7-8-18-44(43)52)35-47-53(45-19-9-10-20-46(45)54-47)29-12-27-49-42-24-32-51(33-25-42)37-39-15-5-2-6-16-39/h1-10,13-21,34-35,41-42,48-49H,11-12,22-33,36-37H2/q+1. The summed E-state index contributed by atoms with van der Waals surface area (Å²) in [6.07, 6.45) is 11.9. The molecule has 0 atom stereocenters. The number of pyridine rings is 1. The van der Waals surface area contributed by atoms with Crippen molar-refractivity contribution in [2.24, 2.45) is 0 Å². The number of benzene rings is 4. The molecule has 280 valence electrons. The highest BCUT2D eigenvalue weighted by Gasteiger charge is 2.26. The predicted molar refractivity (Wildman–Crippen MR) is 226 cm³/mol. The van der Waals surface area contributed by atoms with Gasteiger partial charge >= 0.3 is 0 Å². The second kappa shape index (κ2) is 18.6. The van der Waals surface area contributed by atoms with Gasteiger partial charge in [-0.2, -0.15) is 4.57 Å². The number of aryl methyl sites for hydroxylation is 1. The number of hydrogen-bond donors (Lipinski definition) is 2. The van der Waals surface area contributed by atoms with Gasteiger partial charge in [0.15, 0.2) is 6.20 Å². The normalized spacial score (nSPS) is 18.1. The highest BCUT2D eigenvalue weighted by molar-refractivity contribution is 8.03. The van der Waals surface area contributed by atoms with E-state index in [-0.39, 0.29) is 0 Å². The molecule has 8 rings (SSSR count). The van der Waals surface area contributed by atoms with Gasteiger partial charge in [0.05, 0.1) is 16.1 Å². The number of nitrogens with zero attached hydrogens (tertiary/aromatic N) is 4. The first-order valence-corrected chi connectivity index (χ1v) is 21.2. The molecule has 3 aliphatic heterocycles. The van der Waals surface area contributed by atoms with E-state index >= 15 is 0 Å². The van der Waals surface area contributed by atoms with Crippen LogP contribution in [0.3, 0.4) is 0 Å². The summed E-state index contributed by atoms with van der Waals surface area (Å²) < 4.78 is 2.45. The van der Waals surface area contributed by atoms with Crippen molar-refractivity contribution in [1.82, 2.24) is 20.4 Å². The van der Waals surface area contributed by atoms with Crippen LogP contribution in [-0.2, 0) is 19.6 Å². The summed E-state index contributed by atoms with van der Waals surface area (Å²) in [4.78, 5) is 9.11. The third-order valence-corrected chi connectivity index (χ3v) is 12.7. The minimum absolute atomic E-state index is 0.619. The maximum Gasteiger partial charge on any atom is 0.213 e. The van der Waals surface area contributed by atoms with E-state index in [1.807, 2.05) is 11.8 Å². The number of piperidine rings is 2. The Bertz CT molecular complexity index is 1950. The quantitative estimate of drug-likeness (QED) is 0.0832. The Morgan fingerprint density at radius 3 is 1.87 bits per heavy atom. The summed E-state index contributed by atoms with van der Waals surface area (Å²) in [6.45, 7) is 11.0. The van der Waals surface area contributed by atoms with Gasteiger partial charge in [-0.15, -0.1) is 0 Å². The summed E-state index contributed by atoms with van der Waals surface area (Å²) in [5.41, 5.74) is 6.79. The fourth-order valence-corrected chi connectivity index (χ4v) is 9.67. The van der Waals surface area contributed by atoms with Gasteiger partial charge in [-0.1, -0.05) is 96.7 Å². The Morgan fingerprint density at radius 2 is 1.20 bits per heavy atom. The summed E-state index contributed by atoms with van der Waals surface area (Å²) in [5, 5.41) is 10.4. The third-order valence-electron chi connectivity index (χ3n) is 11.5. The molecule has 2 saturated heterocycles. The smallest absolute Gasteiger partial charge is 0.213 e. The number of aromatic nitrogens is 1. The van der Waals surface area contributed by atoms with Gasteiger partial charge in [0.25, 0.3) is 0 Å². The molecule has 5 aromatic rings. The Hall–Kier alpha value is -3.98. The Morgan fingerprint density at radius 1 is 0.630 bits per heavy atom. The minimum atomic E-state index is 0.619. The van der Waals surface area contributed by atoms with Crippen LogP contribution in [-0.4, -0.2) is 67.7 Å². The maximum atomic E-state index is 3.91. The van der Waals surface area contributed by atoms with Crippen molar-refractivity contribution < 1.29 is 4.57 Å². The molecule has 0 radical (unpaired) electrons. The SMILES string of the molecule is C(=C1/Sc2ccccc2N1CCCNC1CCN(Cc2ccccc2)CC1)/c1cc[n+](CCCNC2CCN(Cc3ccccc3)CC2)c2ccccc12. The number of anilines is 1. The van der Waals surface area contributed by atoms with Crippen LogP contribution in [0.1, 0.15) is 55.2 Å². The lowest BCUT2D eigenvalue weighted by atomic mass is 10.0. The second-order valence-electron chi connectivity index (χ2n) is 15.4. The number of hydrogen-bond acceptors (Lipinski definition) is 6. The Kier molecular flexibility index (Phi) is 12.7. The molecule has 0 amide bonds. The molecule has 0 unspecified atom stereocenters. The van der Waals surface area contributed by atoms with Gasteiger partial charge < -0.3 is 15.5 Å². The van der Waals surface area contributed by atoms with E-state index < -0.39 is 0 Å². The number of nitrogens with one attached hydrogen (secondary N) is 2. The zero-order valence-corrected chi connectivity index (χ0v) is 32.6. The molecular weight excluding hydrogens is 681 g/mol. The predicted octanol–water partition coefficient (Wildman–Crippen LogP) is 8.33. The largest absolute Gasteiger partial charge is 0.335 e. The first kappa shape index (κ1) is 37.0. The number of fused-ring (bicyclic) bond motifs is 2. The molecule has 6 nitrogen and oxygen atoms in total. The van der Waals surface area contributed by atoms with E-state index in [0.717, 1.165) is 52.1 Å². The highest BCUT2D eigenvalue weighted by atomic mass is 32.2. The molecule has 0 bridgehead atoms. The minimum Gasteiger partial charge on any atom is -0.335 e. The summed E-state index contributed by atoms with van der Waals surface area (Å²) in [7, 11) is 0. The van der Waals surface area contributed by atoms with E-state index in [4.69, 9.17) is 0 Å². The number of thioether (sulfide) groups is 1. The maximum absolute atomic E-state index is 3.91. The Labute approximate surface area is 327 Å². The number of likely N-dealkylation sites (tertiary alicyclic amines) is 2. The Balaban J connectivity index is 0.836. The molecule has 2 N–H and O–H groups in total. The van der Waals surface area contributed by atoms with Gasteiger partial charge in [-0.3, -0.25) is 9.80 Å². The van der Waals surface area contributed by atoms with Gasteiger partial charge in [0.2, 0.25) is 5.52 Å². The van der Waals surface area contributed by atoms with Crippen molar-refractivity contribution in [3.8, 4) is 0 Å². The highest BCUT2D eigenvalue weighted by Crippen LogP contribution is 2.46. The van der Waals surface area contributed by atoms with E-state index in [1.165, 1.54) is 95.1 Å². The molecule has 1 aromatic heterocycles. The van der Waals surface area contributed by atoms with E-state index in [9.17, 15) is 0 Å². The van der Waals surface area contributed by atoms with Crippen LogP contribution in [0.2, 0.25) is 0 Å². The van der Waals surface area contributed by atoms with Crippen LogP contribution in [0.4, 0.5) is 5.69 Å². The molecule has 4 heterocycles. The van der Waals surface area contributed by atoms with Crippen molar-refractivity contribution >= 4 is 34.4 Å². The van der Waals surface area contributed by atoms with Crippen molar-refractivity contribution in [2.75, 3.05) is 50.7 Å². The van der Waals surface area contributed by atoms with E-state index in [2.05, 4.69) is 157 Å². The lowest BCUT2D eigenvalue weighted by Crippen LogP contribution is -2.43. The topological polar surface area (TPSA) is 37.7 Å². The number of rotatable bonds is 15. The fraction of sp³-hybridized carbons (Fsp3) is 0.383. The first-order valence-electron chi connectivity index (χ1n) is 20.4. The second-order valence-corrected chi connectivity index (χ2v) is 16.4. The molecular formula is C47H57N6S+. The summed E-state index contributed by atoms with van der Waals surface area (Å²) in [6, 6.07) is 43.2. The number of para-hydroxylation sites is 2. The van der Waals surface area contributed by atoms with Crippen LogP contribution in [0.5, 0.6) is 0 Å². The molecule has 0 aliphatic carbocycles. The fourth-order valence-electron chi connectivity index (χ4n) is 8.53. The third kappa shape index (κ3) is 9.63. The molecule has 3 aliphatic rings. The van der Waals surface area contributed by atoms with Crippen LogP contribution in [0.15, 0.2) is 131 Å². The summed E-state index contributed by atoms with van der Waals surface area (Å²) >= 11 is 1.91. The molecule has 2 fully saturated rings. The van der Waals surface area contributed by atoms with Crippen LogP contribution in [0, 0.1) is 0 Å². The molecule has 7 heteroatoms. The molecule has 0 spiro atoms. The molecule has 4 aromatic carbocycles. The first-order chi connectivity index (χ1) is 26.7. The van der Waals surface area contributed by atoms with Crippen LogP contribution >= 0.6 is 11.8 Å². The van der Waals surface area contributed by atoms with Crippen LogP contribution < -0.4 is 20.1 Å². The van der Waals surface area contributed by atoms with Crippen molar-refractivity contribution in [2.45, 2.75) is 75.1 Å². The van der Waals surface area contributed by atoms with E-state index in [0.29, 0.717) is 12.1 Å². The van der Waals surface area contributed by atoms with Crippen molar-refractivity contribution in [3.05, 3.63) is 143 Å². The molecule has 54 heavy (non-hydrogen) atoms. The lowest BCUT2D eigenvalue weighted by molar-refractivity contribution is -0.671. The zero-order valence-electron chi connectivity index (χ0n) is 31.8. The van der Waals surface area contributed by atoms with Crippen molar-refractivity contribution in [1.29, 1.82) is 0 Å². The van der Waals surface area contributed by atoms with Crippen LogP contribution in [0.25, 0.3) is 17.0 Å². The average molecular weight is 738 g/mol.